The van der Waals surface area contributed by atoms with Gasteiger partial charge < -0.3 is 9.15 Å². The highest BCUT2D eigenvalue weighted by atomic mass is 35.5. The first kappa shape index (κ1) is 14.6. The van der Waals surface area contributed by atoms with Crippen LogP contribution in [0.4, 0.5) is 0 Å². The van der Waals surface area contributed by atoms with Crippen LogP contribution in [0.5, 0.6) is 5.75 Å². The van der Waals surface area contributed by atoms with Crippen LogP contribution in [0.2, 0.25) is 5.15 Å². The molecule has 3 heterocycles. The predicted octanol–water partition coefficient (Wildman–Crippen LogP) is 3.19. The van der Waals surface area contributed by atoms with Gasteiger partial charge in [0.1, 0.15) is 23.0 Å². The van der Waals surface area contributed by atoms with Crippen molar-refractivity contribution < 1.29 is 9.15 Å². The van der Waals surface area contributed by atoms with E-state index in [0.29, 0.717) is 29.3 Å². The zero-order valence-electron chi connectivity index (χ0n) is 12.7. The Hall–Kier alpha value is -2.93. The lowest BCUT2D eigenvalue weighted by molar-refractivity contribution is 0.414. The average Bonchev–Trinajstić information content (AvgIpc) is 3.25. The SMILES string of the molecule is COc1ccc(Cn2cc3nc(-c4ncco4)nc(Cl)c3n2)cc1. The van der Waals surface area contributed by atoms with Crippen molar-refractivity contribution in [3.05, 3.63) is 53.6 Å². The lowest BCUT2D eigenvalue weighted by Crippen LogP contribution is -1.99. The van der Waals surface area contributed by atoms with E-state index in [9.17, 15) is 0 Å². The summed E-state index contributed by atoms with van der Waals surface area (Å²) in [5, 5.41) is 4.72. The molecule has 0 unspecified atom stereocenters. The summed E-state index contributed by atoms with van der Waals surface area (Å²) in [6.07, 6.45) is 4.81. The van der Waals surface area contributed by atoms with Crippen LogP contribution in [0.15, 0.2) is 47.3 Å². The van der Waals surface area contributed by atoms with Gasteiger partial charge in [-0.3, -0.25) is 4.68 Å². The minimum atomic E-state index is 0.265. The summed E-state index contributed by atoms with van der Waals surface area (Å²) in [5.74, 6) is 1.47. The molecule has 4 rings (SSSR count). The molecule has 0 aliphatic carbocycles. The minimum Gasteiger partial charge on any atom is -0.497 e. The lowest BCUT2D eigenvalue weighted by atomic mass is 10.2. The summed E-state index contributed by atoms with van der Waals surface area (Å²) in [6.45, 7) is 0.588. The van der Waals surface area contributed by atoms with Gasteiger partial charge >= 0.3 is 0 Å². The minimum absolute atomic E-state index is 0.265. The molecule has 24 heavy (non-hydrogen) atoms. The maximum atomic E-state index is 6.22. The molecule has 0 N–H and O–H groups in total. The van der Waals surface area contributed by atoms with Gasteiger partial charge in [0.05, 0.1) is 26.0 Å². The van der Waals surface area contributed by atoms with Crippen LogP contribution in [-0.4, -0.2) is 31.8 Å². The molecule has 0 bridgehead atoms. The van der Waals surface area contributed by atoms with Crippen LogP contribution < -0.4 is 4.74 Å². The molecule has 0 fully saturated rings. The van der Waals surface area contributed by atoms with Crippen molar-refractivity contribution in [1.29, 1.82) is 0 Å². The molecule has 0 atom stereocenters. The fourth-order valence-electron chi connectivity index (χ4n) is 2.35. The fraction of sp³-hybridized carbons (Fsp3) is 0.125. The molecular weight excluding hydrogens is 330 g/mol. The smallest absolute Gasteiger partial charge is 0.264 e. The van der Waals surface area contributed by atoms with Gasteiger partial charge in [-0.2, -0.15) is 5.10 Å². The Morgan fingerprint density at radius 1 is 1.21 bits per heavy atom. The lowest BCUT2D eigenvalue weighted by Gasteiger charge is -2.03. The van der Waals surface area contributed by atoms with Gasteiger partial charge in [-0.1, -0.05) is 23.7 Å². The second kappa shape index (κ2) is 5.93. The molecule has 1 aromatic carbocycles. The molecule has 0 radical (unpaired) electrons. The Morgan fingerprint density at radius 2 is 2.04 bits per heavy atom. The number of halogens is 1. The van der Waals surface area contributed by atoms with Crippen molar-refractivity contribution in [3.8, 4) is 17.5 Å². The number of rotatable bonds is 4. The van der Waals surface area contributed by atoms with Crippen LogP contribution >= 0.6 is 11.6 Å². The number of ether oxygens (including phenoxy) is 1. The number of benzene rings is 1. The van der Waals surface area contributed by atoms with Gasteiger partial charge in [0.15, 0.2) is 5.15 Å². The number of fused-ring (bicyclic) bond motifs is 1. The van der Waals surface area contributed by atoms with Gasteiger partial charge in [0, 0.05) is 0 Å². The maximum Gasteiger partial charge on any atom is 0.264 e. The second-order valence-electron chi connectivity index (χ2n) is 5.08. The van der Waals surface area contributed by atoms with E-state index in [2.05, 4.69) is 20.1 Å². The van der Waals surface area contributed by atoms with Gasteiger partial charge in [-0.15, -0.1) is 0 Å². The number of aromatic nitrogens is 5. The van der Waals surface area contributed by atoms with Crippen LogP contribution in [0.1, 0.15) is 5.56 Å². The first-order valence-electron chi connectivity index (χ1n) is 7.16. The Balaban J connectivity index is 1.68. The molecule has 8 heteroatoms. The van der Waals surface area contributed by atoms with Crippen molar-refractivity contribution in [2.75, 3.05) is 7.11 Å². The van der Waals surface area contributed by atoms with E-state index in [4.69, 9.17) is 20.8 Å². The highest BCUT2D eigenvalue weighted by molar-refractivity contribution is 6.33. The first-order chi connectivity index (χ1) is 11.7. The zero-order chi connectivity index (χ0) is 16.5. The molecule has 0 spiro atoms. The van der Waals surface area contributed by atoms with E-state index in [-0.39, 0.29) is 5.15 Å². The standard InChI is InChI=1S/C16H12ClN5O2/c1-23-11-4-2-10(3-5-11)8-22-9-12-13(21-22)14(17)20-15(19-12)16-18-6-7-24-16/h2-7,9H,8H2,1H3. The molecule has 0 amide bonds. The summed E-state index contributed by atoms with van der Waals surface area (Å²) in [7, 11) is 1.64. The normalized spacial score (nSPS) is 11.1. The highest BCUT2D eigenvalue weighted by Gasteiger charge is 2.14. The van der Waals surface area contributed by atoms with Gasteiger partial charge in [-0.25, -0.2) is 15.0 Å². The zero-order valence-corrected chi connectivity index (χ0v) is 13.4. The first-order valence-corrected chi connectivity index (χ1v) is 7.54. The van der Waals surface area contributed by atoms with Crippen LogP contribution in [0.3, 0.4) is 0 Å². The summed E-state index contributed by atoms with van der Waals surface area (Å²) >= 11 is 6.22. The largest absolute Gasteiger partial charge is 0.497 e. The fourth-order valence-corrected chi connectivity index (χ4v) is 2.57. The third kappa shape index (κ3) is 2.69. The molecule has 7 nitrogen and oxygen atoms in total. The number of oxazole rings is 1. The van der Waals surface area contributed by atoms with Crippen molar-refractivity contribution >= 4 is 22.6 Å². The van der Waals surface area contributed by atoms with E-state index in [1.54, 1.807) is 11.8 Å². The van der Waals surface area contributed by atoms with Gasteiger partial charge in [0.2, 0.25) is 5.82 Å². The molecule has 4 aromatic rings. The molecule has 0 aliphatic heterocycles. The van der Waals surface area contributed by atoms with E-state index >= 15 is 0 Å². The highest BCUT2D eigenvalue weighted by Crippen LogP contribution is 2.23. The van der Waals surface area contributed by atoms with Gasteiger partial charge in [0.25, 0.3) is 5.89 Å². The summed E-state index contributed by atoms with van der Waals surface area (Å²) in [5.41, 5.74) is 2.26. The van der Waals surface area contributed by atoms with E-state index in [1.807, 2.05) is 30.5 Å². The molecule has 0 saturated heterocycles. The monoisotopic (exact) mass is 341 g/mol. The maximum absolute atomic E-state index is 6.22. The second-order valence-corrected chi connectivity index (χ2v) is 5.44. The Labute approximate surface area is 141 Å². The quantitative estimate of drug-likeness (QED) is 0.530. The number of hydrogen-bond donors (Lipinski definition) is 0. The number of nitrogens with zero attached hydrogens (tertiary/aromatic N) is 5. The Kier molecular flexibility index (Phi) is 3.62. The average molecular weight is 342 g/mol. The van der Waals surface area contributed by atoms with Crippen LogP contribution in [0.25, 0.3) is 22.7 Å². The van der Waals surface area contributed by atoms with Crippen molar-refractivity contribution in [2.24, 2.45) is 0 Å². The topological polar surface area (TPSA) is 78.9 Å². The molecule has 0 saturated carbocycles. The van der Waals surface area contributed by atoms with Crippen molar-refractivity contribution in [3.63, 3.8) is 0 Å². The Morgan fingerprint density at radius 3 is 2.75 bits per heavy atom. The van der Waals surface area contributed by atoms with E-state index < -0.39 is 0 Å². The number of methoxy groups -OCH3 is 1. The summed E-state index contributed by atoms with van der Waals surface area (Å²) in [4.78, 5) is 12.6. The third-order valence-electron chi connectivity index (χ3n) is 3.50. The third-order valence-corrected chi connectivity index (χ3v) is 3.76. The van der Waals surface area contributed by atoms with Crippen molar-refractivity contribution in [1.82, 2.24) is 24.7 Å². The molecule has 120 valence electrons. The molecule has 0 aliphatic rings. The molecular formula is C16H12ClN5O2. The Bertz CT molecular complexity index is 980. The predicted molar refractivity (Wildman–Crippen MR) is 87.9 cm³/mol. The van der Waals surface area contributed by atoms with Gasteiger partial charge in [-0.05, 0) is 17.7 Å². The summed E-state index contributed by atoms with van der Waals surface area (Å²) < 4.78 is 12.1. The number of hydrogen-bond acceptors (Lipinski definition) is 6. The van der Waals surface area contributed by atoms with Crippen molar-refractivity contribution in [2.45, 2.75) is 6.54 Å². The van der Waals surface area contributed by atoms with E-state index in [1.165, 1.54) is 12.5 Å². The van der Waals surface area contributed by atoms with E-state index in [0.717, 1.165) is 11.3 Å². The molecule has 3 aromatic heterocycles. The summed E-state index contributed by atoms with van der Waals surface area (Å²) in [6, 6.07) is 7.78. The van der Waals surface area contributed by atoms with Crippen LogP contribution in [0, 0.1) is 0 Å². The van der Waals surface area contributed by atoms with Crippen LogP contribution in [-0.2, 0) is 6.54 Å².